The van der Waals surface area contributed by atoms with E-state index in [1.54, 1.807) is 6.33 Å². The summed E-state index contributed by atoms with van der Waals surface area (Å²) in [6.45, 7) is 2.89. The molecule has 0 radical (unpaired) electrons. The molecule has 2 aromatic rings. The van der Waals surface area contributed by atoms with Gasteiger partial charge in [-0.05, 0) is 50.2 Å². The monoisotopic (exact) mass is 310 g/mol. The minimum Gasteiger partial charge on any atom is -0.326 e. The molecule has 5 nitrogen and oxygen atoms in total. The molecule has 0 aliphatic heterocycles. The van der Waals surface area contributed by atoms with Crippen molar-refractivity contribution in [2.75, 3.05) is 5.32 Å². The fourth-order valence-electron chi connectivity index (χ4n) is 4.25. The van der Waals surface area contributed by atoms with Crippen molar-refractivity contribution in [3.8, 4) is 11.4 Å². The molecule has 2 aliphatic carbocycles. The highest BCUT2D eigenvalue weighted by atomic mass is 16.1. The molecule has 0 spiro atoms. The molecule has 23 heavy (non-hydrogen) atoms. The van der Waals surface area contributed by atoms with E-state index in [-0.39, 0.29) is 11.8 Å². The highest BCUT2D eigenvalue weighted by molar-refractivity contribution is 5.93. The van der Waals surface area contributed by atoms with Crippen LogP contribution in [0.15, 0.2) is 30.6 Å². The Morgan fingerprint density at radius 3 is 3.00 bits per heavy atom. The predicted octanol–water partition coefficient (Wildman–Crippen LogP) is 3.34. The molecule has 3 atom stereocenters. The van der Waals surface area contributed by atoms with Crippen LogP contribution in [0, 0.1) is 17.8 Å². The lowest BCUT2D eigenvalue weighted by molar-refractivity contribution is -0.121. The van der Waals surface area contributed by atoms with Gasteiger partial charge in [-0.25, -0.2) is 0 Å². The van der Waals surface area contributed by atoms with Crippen LogP contribution in [0.25, 0.3) is 11.4 Å². The van der Waals surface area contributed by atoms with E-state index in [1.807, 2.05) is 28.8 Å². The number of anilines is 1. The van der Waals surface area contributed by atoms with Crippen molar-refractivity contribution in [2.45, 2.75) is 39.2 Å². The van der Waals surface area contributed by atoms with E-state index >= 15 is 0 Å². The number of hydrogen-bond donors (Lipinski definition) is 1. The summed E-state index contributed by atoms with van der Waals surface area (Å²) in [4.78, 5) is 12.6. The summed E-state index contributed by atoms with van der Waals surface area (Å²) >= 11 is 0. The number of benzene rings is 1. The smallest absolute Gasteiger partial charge is 0.227 e. The van der Waals surface area contributed by atoms with Crippen LogP contribution in [0.3, 0.4) is 0 Å². The first-order chi connectivity index (χ1) is 11.2. The van der Waals surface area contributed by atoms with E-state index in [0.29, 0.717) is 5.92 Å². The van der Waals surface area contributed by atoms with Gasteiger partial charge in [0.05, 0.1) is 0 Å². The number of carbonyl (C=O) groups is 1. The van der Waals surface area contributed by atoms with Gasteiger partial charge in [-0.1, -0.05) is 18.6 Å². The minimum atomic E-state index is 0.186. The summed E-state index contributed by atoms with van der Waals surface area (Å²) in [5, 5.41) is 11.3. The average Bonchev–Trinajstić information content (AvgIpc) is 3.30. The Labute approximate surface area is 136 Å². The number of rotatable bonds is 4. The highest BCUT2D eigenvalue weighted by Crippen LogP contribution is 2.48. The molecule has 2 bridgehead atoms. The number of aromatic nitrogens is 3. The largest absolute Gasteiger partial charge is 0.326 e. The van der Waals surface area contributed by atoms with E-state index < -0.39 is 0 Å². The van der Waals surface area contributed by atoms with Crippen molar-refractivity contribution in [1.82, 2.24) is 14.8 Å². The van der Waals surface area contributed by atoms with Gasteiger partial charge in [0.15, 0.2) is 5.82 Å². The predicted molar refractivity (Wildman–Crippen MR) is 88.7 cm³/mol. The Morgan fingerprint density at radius 1 is 1.35 bits per heavy atom. The summed E-state index contributed by atoms with van der Waals surface area (Å²) in [5.74, 6) is 2.61. The molecular formula is C18H22N4O. The topological polar surface area (TPSA) is 59.8 Å². The maximum absolute atomic E-state index is 12.6. The lowest BCUT2D eigenvalue weighted by Crippen LogP contribution is -2.27. The Hall–Kier alpha value is -2.17. The number of nitrogens with one attached hydrogen (secondary N) is 1. The quantitative estimate of drug-likeness (QED) is 0.942. The molecule has 2 aliphatic rings. The van der Waals surface area contributed by atoms with Crippen molar-refractivity contribution >= 4 is 11.6 Å². The van der Waals surface area contributed by atoms with Gasteiger partial charge in [0.1, 0.15) is 6.33 Å². The molecule has 1 aromatic heterocycles. The van der Waals surface area contributed by atoms with Crippen LogP contribution >= 0.6 is 0 Å². The third-order valence-electron chi connectivity index (χ3n) is 5.42. The molecule has 1 heterocycles. The lowest BCUT2D eigenvalue weighted by atomic mass is 9.88. The maximum Gasteiger partial charge on any atom is 0.227 e. The van der Waals surface area contributed by atoms with Crippen molar-refractivity contribution in [3.63, 3.8) is 0 Å². The summed E-state index contributed by atoms with van der Waals surface area (Å²) < 4.78 is 2.00. The summed E-state index contributed by atoms with van der Waals surface area (Å²) in [6, 6.07) is 7.90. The zero-order valence-electron chi connectivity index (χ0n) is 13.4. The molecule has 1 N–H and O–H groups in total. The van der Waals surface area contributed by atoms with Crippen LogP contribution in [-0.4, -0.2) is 20.7 Å². The number of aryl methyl sites for hydroxylation is 1. The molecule has 2 fully saturated rings. The highest BCUT2D eigenvalue weighted by Gasteiger charge is 2.42. The first kappa shape index (κ1) is 14.4. The molecule has 120 valence electrons. The number of nitrogens with zero attached hydrogens (tertiary/aromatic N) is 3. The second-order valence-electron chi connectivity index (χ2n) is 6.79. The van der Waals surface area contributed by atoms with E-state index in [0.717, 1.165) is 36.0 Å². The van der Waals surface area contributed by atoms with Crippen LogP contribution in [0.4, 0.5) is 5.69 Å². The zero-order valence-corrected chi connectivity index (χ0v) is 13.4. The van der Waals surface area contributed by atoms with Gasteiger partial charge in [-0.15, -0.1) is 10.2 Å². The number of carbonyl (C=O) groups excluding carboxylic acids is 1. The van der Waals surface area contributed by atoms with Gasteiger partial charge in [0.25, 0.3) is 0 Å². The number of fused-ring (bicyclic) bond motifs is 2. The molecule has 0 saturated heterocycles. The van der Waals surface area contributed by atoms with Crippen LogP contribution in [0.5, 0.6) is 0 Å². The Balaban J connectivity index is 1.51. The molecular weight excluding hydrogens is 288 g/mol. The van der Waals surface area contributed by atoms with Gasteiger partial charge in [0, 0.05) is 23.7 Å². The molecule has 1 amide bonds. The first-order valence-corrected chi connectivity index (χ1v) is 8.53. The molecule has 5 heteroatoms. The van der Waals surface area contributed by atoms with Crippen LogP contribution in [0.1, 0.15) is 32.6 Å². The fraction of sp³-hybridized carbons (Fsp3) is 0.500. The Kier molecular flexibility index (Phi) is 3.63. The van der Waals surface area contributed by atoms with Crippen molar-refractivity contribution in [3.05, 3.63) is 30.6 Å². The second kappa shape index (κ2) is 5.80. The SMILES string of the molecule is CCn1cnnc1-c1cccc(NC(=O)[C@H]2C[C@H]3CC[C@H]2C3)c1. The van der Waals surface area contributed by atoms with Crippen molar-refractivity contribution < 1.29 is 4.79 Å². The maximum atomic E-state index is 12.6. The molecule has 4 rings (SSSR count). The number of hydrogen-bond acceptors (Lipinski definition) is 3. The van der Waals surface area contributed by atoms with E-state index in [4.69, 9.17) is 0 Å². The second-order valence-corrected chi connectivity index (χ2v) is 6.79. The van der Waals surface area contributed by atoms with Gasteiger partial charge >= 0.3 is 0 Å². The normalized spacial score (nSPS) is 25.7. The van der Waals surface area contributed by atoms with Crippen LogP contribution < -0.4 is 5.32 Å². The summed E-state index contributed by atoms with van der Waals surface area (Å²) in [7, 11) is 0. The molecule has 0 unspecified atom stereocenters. The Morgan fingerprint density at radius 2 is 2.26 bits per heavy atom. The van der Waals surface area contributed by atoms with Gasteiger partial charge in [-0.2, -0.15) is 0 Å². The van der Waals surface area contributed by atoms with Crippen molar-refractivity contribution in [2.24, 2.45) is 17.8 Å². The van der Waals surface area contributed by atoms with E-state index in [9.17, 15) is 4.79 Å². The molecule has 2 saturated carbocycles. The van der Waals surface area contributed by atoms with Crippen LogP contribution in [-0.2, 0) is 11.3 Å². The summed E-state index contributed by atoms with van der Waals surface area (Å²) in [5.41, 5.74) is 1.83. The van der Waals surface area contributed by atoms with Gasteiger partial charge in [-0.3, -0.25) is 4.79 Å². The Bertz CT molecular complexity index is 723. The molecule has 1 aromatic carbocycles. The average molecular weight is 310 g/mol. The van der Waals surface area contributed by atoms with Crippen LogP contribution in [0.2, 0.25) is 0 Å². The van der Waals surface area contributed by atoms with Crippen molar-refractivity contribution in [1.29, 1.82) is 0 Å². The fourth-order valence-corrected chi connectivity index (χ4v) is 4.25. The number of amides is 1. The summed E-state index contributed by atoms with van der Waals surface area (Å²) in [6.07, 6.45) is 6.59. The van der Waals surface area contributed by atoms with E-state index in [2.05, 4.69) is 22.4 Å². The third-order valence-corrected chi connectivity index (χ3v) is 5.42. The first-order valence-electron chi connectivity index (χ1n) is 8.53. The standard InChI is InChI=1S/C18H22N4O/c1-2-22-11-19-21-17(22)14-4-3-5-15(10-14)20-18(23)16-9-12-6-7-13(16)8-12/h3-5,10-13,16H,2,6-9H2,1H3,(H,20,23)/t12-,13-,16-/m0/s1. The minimum absolute atomic E-state index is 0.186. The van der Waals surface area contributed by atoms with E-state index in [1.165, 1.54) is 19.3 Å². The zero-order chi connectivity index (χ0) is 15.8. The van der Waals surface area contributed by atoms with Gasteiger partial charge < -0.3 is 9.88 Å². The third kappa shape index (κ3) is 2.64. The lowest BCUT2D eigenvalue weighted by Gasteiger charge is -2.20. The van der Waals surface area contributed by atoms with Gasteiger partial charge in [0.2, 0.25) is 5.91 Å².